The van der Waals surface area contributed by atoms with Gasteiger partial charge in [0.25, 0.3) is 11.8 Å². The summed E-state index contributed by atoms with van der Waals surface area (Å²) >= 11 is 5.89. The van der Waals surface area contributed by atoms with Crippen LogP contribution in [0.25, 0.3) is 0 Å². The summed E-state index contributed by atoms with van der Waals surface area (Å²) in [5, 5.41) is 3.32. The highest BCUT2D eigenvalue weighted by atomic mass is 35.5. The van der Waals surface area contributed by atoms with Gasteiger partial charge in [-0.3, -0.25) is 14.4 Å². The van der Waals surface area contributed by atoms with Crippen molar-refractivity contribution in [1.82, 2.24) is 4.90 Å². The fraction of sp³-hybridized carbons (Fsp3) is 0.250. The first-order chi connectivity index (χ1) is 17.4. The van der Waals surface area contributed by atoms with Gasteiger partial charge in [-0.15, -0.1) is 0 Å². The van der Waals surface area contributed by atoms with Crippen molar-refractivity contribution in [1.29, 1.82) is 0 Å². The molecule has 0 bridgehead atoms. The molecular formula is C28H27ClN2O5. The van der Waals surface area contributed by atoms with Crippen molar-refractivity contribution in [3.05, 3.63) is 89.4 Å². The van der Waals surface area contributed by atoms with Crippen molar-refractivity contribution in [2.75, 3.05) is 18.4 Å². The van der Waals surface area contributed by atoms with Crippen LogP contribution in [0.4, 0.5) is 5.69 Å². The zero-order valence-corrected chi connectivity index (χ0v) is 20.6. The maximum absolute atomic E-state index is 12.6. The van der Waals surface area contributed by atoms with Crippen molar-refractivity contribution in [3.63, 3.8) is 0 Å². The van der Waals surface area contributed by atoms with Gasteiger partial charge in [-0.1, -0.05) is 29.8 Å². The molecule has 3 aromatic carbocycles. The highest BCUT2D eigenvalue weighted by molar-refractivity contribution is 6.30. The van der Waals surface area contributed by atoms with Crippen molar-refractivity contribution in [3.8, 4) is 11.5 Å². The number of rotatable bonds is 7. The Kier molecular flexibility index (Phi) is 8.23. The molecule has 0 unspecified atom stereocenters. The van der Waals surface area contributed by atoms with Crippen LogP contribution in [0, 0.1) is 5.92 Å². The molecule has 4 rings (SSSR count). The fourth-order valence-electron chi connectivity index (χ4n) is 3.89. The normalized spacial score (nSPS) is 14.6. The molecule has 0 aliphatic carbocycles. The predicted octanol–water partition coefficient (Wildman–Crippen LogP) is 5.55. The van der Waals surface area contributed by atoms with Crippen LogP contribution in [0.1, 0.15) is 30.1 Å². The zero-order chi connectivity index (χ0) is 25.5. The van der Waals surface area contributed by atoms with Gasteiger partial charge in [0, 0.05) is 29.4 Å². The number of carbonyl (C=O) groups excluding carboxylic acids is 3. The number of nitrogens with one attached hydrogen (secondary N) is 1. The monoisotopic (exact) mass is 506 g/mol. The summed E-state index contributed by atoms with van der Waals surface area (Å²) in [7, 11) is 0. The number of likely N-dealkylation sites (tertiary alicyclic amines) is 1. The molecular weight excluding hydrogens is 480 g/mol. The average Bonchev–Trinajstić information content (AvgIpc) is 2.90. The molecule has 1 atom stereocenters. The van der Waals surface area contributed by atoms with Crippen LogP contribution >= 0.6 is 11.6 Å². The molecule has 3 aromatic rings. The zero-order valence-electron chi connectivity index (χ0n) is 19.9. The molecule has 1 saturated heterocycles. The van der Waals surface area contributed by atoms with Crippen LogP contribution in [0.5, 0.6) is 11.5 Å². The van der Waals surface area contributed by atoms with Crippen LogP contribution in [0.15, 0.2) is 78.9 Å². The van der Waals surface area contributed by atoms with E-state index in [1.807, 2.05) is 30.3 Å². The van der Waals surface area contributed by atoms with Crippen LogP contribution in [0.2, 0.25) is 5.02 Å². The number of esters is 1. The number of piperidine rings is 1. The summed E-state index contributed by atoms with van der Waals surface area (Å²) in [6.07, 6.45) is 0.0107. The van der Waals surface area contributed by atoms with Crippen LogP contribution in [0.3, 0.4) is 0 Å². The van der Waals surface area contributed by atoms with Crippen molar-refractivity contribution in [2.45, 2.75) is 25.9 Å². The number of halogens is 1. The first-order valence-electron chi connectivity index (χ1n) is 11.8. The summed E-state index contributed by atoms with van der Waals surface area (Å²) in [6.45, 7) is 2.43. The maximum atomic E-state index is 12.6. The minimum Gasteiger partial charge on any atom is -0.457 e. The third-order valence-corrected chi connectivity index (χ3v) is 6.22. The molecule has 186 valence electrons. The van der Waals surface area contributed by atoms with E-state index < -0.39 is 18.0 Å². The molecule has 0 spiro atoms. The Hall–Kier alpha value is -3.84. The maximum Gasteiger partial charge on any atom is 0.309 e. The Morgan fingerprint density at radius 3 is 2.14 bits per heavy atom. The molecule has 1 aliphatic rings. The molecule has 7 nitrogen and oxygen atoms in total. The molecule has 2 amide bonds. The number of hydrogen-bond acceptors (Lipinski definition) is 5. The quantitative estimate of drug-likeness (QED) is 0.424. The second-order valence-electron chi connectivity index (χ2n) is 8.58. The topological polar surface area (TPSA) is 84.9 Å². The Balaban J connectivity index is 1.22. The molecule has 36 heavy (non-hydrogen) atoms. The Labute approximate surface area is 215 Å². The van der Waals surface area contributed by atoms with Gasteiger partial charge in [0.2, 0.25) is 0 Å². The number of hydrogen-bond donors (Lipinski definition) is 1. The summed E-state index contributed by atoms with van der Waals surface area (Å²) in [4.78, 5) is 39.5. The van der Waals surface area contributed by atoms with E-state index in [2.05, 4.69) is 5.32 Å². The smallest absolute Gasteiger partial charge is 0.309 e. The van der Waals surface area contributed by atoms with E-state index >= 15 is 0 Å². The average molecular weight is 507 g/mol. The predicted molar refractivity (Wildman–Crippen MR) is 137 cm³/mol. The molecule has 1 fully saturated rings. The number of benzene rings is 3. The first kappa shape index (κ1) is 25.3. The van der Waals surface area contributed by atoms with Crippen LogP contribution in [-0.4, -0.2) is 41.9 Å². The van der Waals surface area contributed by atoms with Gasteiger partial charge >= 0.3 is 5.97 Å². The van der Waals surface area contributed by atoms with Crippen LogP contribution in [-0.2, 0) is 14.3 Å². The number of nitrogens with zero attached hydrogens (tertiary/aromatic N) is 1. The van der Waals surface area contributed by atoms with E-state index in [9.17, 15) is 14.4 Å². The first-order valence-corrected chi connectivity index (χ1v) is 12.2. The lowest BCUT2D eigenvalue weighted by molar-refractivity contribution is -0.158. The van der Waals surface area contributed by atoms with Crippen molar-refractivity contribution in [2.24, 2.45) is 5.92 Å². The number of carbonyl (C=O) groups is 3. The van der Waals surface area contributed by atoms with E-state index in [1.165, 1.54) is 0 Å². The van der Waals surface area contributed by atoms with Gasteiger partial charge < -0.3 is 19.7 Å². The highest BCUT2D eigenvalue weighted by Crippen LogP contribution is 2.24. The second kappa shape index (κ2) is 11.7. The SMILES string of the molecule is C[C@@H](OC(=O)C1CCN(C(=O)c2ccc(Cl)cc2)CC1)C(=O)Nc1ccc(Oc2ccccc2)cc1. The van der Waals surface area contributed by atoms with Gasteiger partial charge in [0.05, 0.1) is 5.92 Å². The van der Waals surface area contributed by atoms with Gasteiger partial charge in [0.15, 0.2) is 6.10 Å². The number of para-hydroxylation sites is 1. The fourth-order valence-corrected chi connectivity index (χ4v) is 4.02. The molecule has 1 aliphatic heterocycles. The lowest BCUT2D eigenvalue weighted by Crippen LogP contribution is -2.41. The Morgan fingerprint density at radius 1 is 0.889 bits per heavy atom. The molecule has 1 N–H and O–H groups in total. The minimum absolute atomic E-state index is 0.0913. The van der Waals surface area contributed by atoms with Gasteiger partial charge in [-0.05, 0) is 80.4 Å². The summed E-state index contributed by atoms with van der Waals surface area (Å²) in [5.41, 5.74) is 1.13. The number of ether oxygens (including phenoxy) is 2. The summed E-state index contributed by atoms with van der Waals surface area (Å²) < 4.78 is 11.2. The second-order valence-corrected chi connectivity index (χ2v) is 9.02. The van der Waals surface area contributed by atoms with Crippen molar-refractivity contribution < 1.29 is 23.9 Å². The molecule has 1 heterocycles. The Bertz CT molecular complexity index is 1190. The number of amides is 2. The number of anilines is 1. The standard InChI is InChI=1S/C28H27ClN2O5/c1-19(26(32)30-23-11-13-25(14-12-23)36-24-5-3-2-4-6-24)35-28(34)21-15-17-31(18-16-21)27(33)20-7-9-22(29)10-8-20/h2-14,19,21H,15-18H2,1H3,(H,30,32)/t19-/m1/s1. The largest absolute Gasteiger partial charge is 0.457 e. The Morgan fingerprint density at radius 2 is 1.50 bits per heavy atom. The van der Waals surface area contributed by atoms with Crippen molar-refractivity contribution >= 4 is 35.1 Å². The van der Waals surface area contributed by atoms with Crippen LogP contribution < -0.4 is 10.1 Å². The molecule has 0 radical (unpaired) electrons. The minimum atomic E-state index is -0.952. The highest BCUT2D eigenvalue weighted by Gasteiger charge is 2.30. The third kappa shape index (κ3) is 6.64. The van der Waals surface area contributed by atoms with Gasteiger partial charge in [-0.25, -0.2) is 0 Å². The van der Waals surface area contributed by atoms with E-state index in [4.69, 9.17) is 21.1 Å². The molecule has 8 heteroatoms. The van der Waals surface area contributed by atoms with Gasteiger partial charge in [0.1, 0.15) is 11.5 Å². The van der Waals surface area contributed by atoms with Gasteiger partial charge in [-0.2, -0.15) is 0 Å². The van der Waals surface area contributed by atoms with E-state index in [0.29, 0.717) is 48.0 Å². The van der Waals surface area contributed by atoms with E-state index in [1.54, 1.807) is 60.4 Å². The molecule has 0 saturated carbocycles. The van der Waals surface area contributed by atoms with E-state index in [-0.39, 0.29) is 11.8 Å². The van der Waals surface area contributed by atoms with E-state index in [0.717, 1.165) is 5.75 Å². The summed E-state index contributed by atoms with van der Waals surface area (Å²) in [6, 6.07) is 23.1. The lowest BCUT2D eigenvalue weighted by Gasteiger charge is -2.31. The third-order valence-electron chi connectivity index (χ3n) is 5.97. The molecule has 0 aromatic heterocycles. The lowest BCUT2D eigenvalue weighted by atomic mass is 9.96. The summed E-state index contributed by atoms with van der Waals surface area (Å²) in [5.74, 6) is 0.0585.